The van der Waals surface area contributed by atoms with E-state index in [1.165, 1.54) is 11.1 Å². The Morgan fingerprint density at radius 3 is 3.00 bits per heavy atom. The Bertz CT molecular complexity index is 565. The predicted octanol–water partition coefficient (Wildman–Crippen LogP) is 1.30. The molecule has 0 aliphatic carbocycles. The molecule has 0 bridgehead atoms. The van der Waals surface area contributed by atoms with E-state index in [0.717, 1.165) is 17.7 Å². The van der Waals surface area contributed by atoms with Crippen LogP contribution >= 0.6 is 0 Å². The fraction of sp³-hybridized carbons (Fsp3) is 0.400. The molecule has 2 N–H and O–H groups in total. The van der Waals surface area contributed by atoms with Crippen LogP contribution in [0.4, 0.5) is 5.69 Å². The number of nitrogens with one attached hydrogen (secondary N) is 1. The summed E-state index contributed by atoms with van der Waals surface area (Å²) in [6, 6.07) is 6.16. The molecule has 19 heavy (non-hydrogen) atoms. The third-order valence-electron chi connectivity index (χ3n) is 4.02. The lowest BCUT2D eigenvalue weighted by atomic mass is 9.80. The number of nitrogens with zero attached hydrogens (tertiary/aromatic N) is 1. The summed E-state index contributed by atoms with van der Waals surface area (Å²) in [5, 5.41) is 12.9. The minimum Gasteiger partial charge on any atom is -0.392 e. The van der Waals surface area contributed by atoms with E-state index in [9.17, 15) is 9.90 Å². The smallest absolute Gasteiger partial charge is 0.232 e. The molecule has 0 aromatic heterocycles. The van der Waals surface area contributed by atoms with Crippen LogP contribution < -0.4 is 5.32 Å². The van der Waals surface area contributed by atoms with Crippen molar-refractivity contribution in [2.45, 2.75) is 19.4 Å². The lowest BCUT2D eigenvalue weighted by Crippen LogP contribution is -2.49. The predicted molar refractivity (Wildman–Crippen MR) is 73.7 cm³/mol. The lowest BCUT2D eigenvalue weighted by molar-refractivity contribution is -0.133. The number of carbonyl (C=O) groups excluding carboxylic acids is 1. The molecular formula is C15H18N2O2. The van der Waals surface area contributed by atoms with Crippen molar-refractivity contribution in [1.29, 1.82) is 0 Å². The van der Waals surface area contributed by atoms with Gasteiger partial charge in [0.15, 0.2) is 0 Å². The number of anilines is 1. The van der Waals surface area contributed by atoms with E-state index in [4.69, 9.17) is 0 Å². The second kappa shape index (κ2) is 4.38. The Labute approximate surface area is 112 Å². The van der Waals surface area contributed by atoms with Crippen LogP contribution in [0, 0.1) is 12.8 Å². The zero-order chi connectivity index (χ0) is 13.6. The van der Waals surface area contributed by atoms with E-state index in [2.05, 4.69) is 30.4 Å². The molecule has 100 valence electrons. The average Bonchev–Trinajstić information content (AvgIpc) is 2.41. The van der Waals surface area contributed by atoms with Gasteiger partial charge in [-0.25, -0.2) is 0 Å². The van der Waals surface area contributed by atoms with Crippen molar-refractivity contribution in [3.63, 3.8) is 0 Å². The van der Waals surface area contributed by atoms with Gasteiger partial charge in [-0.15, -0.1) is 0 Å². The van der Waals surface area contributed by atoms with Gasteiger partial charge in [-0.1, -0.05) is 17.7 Å². The van der Waals surface area contributed by atoms with Crippen molar-refractivity contribution in [1.82, 2.24) is 4.90 Å². The number of aryl methyl sites for hydroxylation is 1. The zero-order valence-corrected chi connectivity index (χ0v) is 11.2. The fourth-order valence-electron chi connectivity index (χ4n) is 3.03. The van der Waals surface area contributed by atoms with E-state index in [1.54, 1.807) is 18.1 Å². The zero-order valence-electron chi connectivity index (χ0n) is 11.2. The quantitative estimate of drug-likeness (QED) is 0.798. The maximum absolute atomic E-state index is 12.3. The Kier molecular flexibility index (Phi) is 2.82. The summed E-state index contributed by atoms with van der Waals surface area (Å²) < 4.78 is 0. The molecular weight excluding hydrogens is 240 g/mol. The van der Waals surface area contributed by atoms with Crippen molar-refractivity contribution >= 4 is 11.6 Å². The van der Waals surface area contributed by atoms with Gasteiger partial charge in [0.1, 0.15) is 0 Å². The molecule has 2 aliphatic rings. The van der Waals surface area contributed by atoms with Crippen LogP contribution in [0.1, 0.15) is 11.1 Å². The molecule has 4 nitrogen and oxygen atoms in total. The Morgan fingerprint density at radius 2 is 2.26 bits per heavy atom. The van der Waals surface area contributed by atoms with Gasteiger partial charge in [0, 0.05) is 18.9 Å². The molecule has 2 heterocycles. The van der Waals surface area contributed by atoms with Gasteiger partial charge in [-0.05, 0) is 30.5 Å². The van der Waals surface area contributed by atoms with Crippen molar-refractivity contribution in [2.75, 3.05) is 19.0 Å². The highest BCUT2D eigenvalue weighted by molar-refractivity contribution is 5.84. The molecule has 0 saturated heterocycles. The Balaban J connectivity index is 2.02. The molecule has 4 heteroatoms. The molecule has 0 unspecified atom stereocenters. The Morgan fingerprint density at radius 1 is 1.47 bits per heavy atom. The maximum atomic E-state index is 12.3. The van der Waals surface area contributed by atoms with Crippen LogP contribution in [-0.2, 0) is 11.2 Å². The van der Waals surface area contributed by atoms with Crippen molar-refractivity contribution < 1.29 is 9.90 Å². The number of benzene rings is 1. The molecule has 0 spiro atoms. The van der Waals surface area contributed by atoms with Gasteiger partial charge in [-0.2, -0.15) is 0 Å². The normalized spacial score (nSPS) is 25.3. The summed E-state index contributed by atoms with van der Waals surface area (Å²) in [6.45, 7) is 2.03. The molecule has 1 aromatic carbocycles. The Hall–Kier alpha value is -1.81. The van der Waals surface area contributed by atoms with Crippen LogP contribution in [0.25, 0.3) is 0 Å². The number of rotatable bonds is 1. The minimum absolute atomic E-state index is 0.0209. The van der Waals surface area contributed by atoms with Crippen LogP contribution in [0.3, 0.4) is 0 Å². The minimum atomic E-state index is -0.119. The molecule has 0 saturated carbocycles. The number of hydrogen-bond donors (Lipinski definition) is 2. The average molecular weight is 258 g/mol. The molecule has 0 fully saturated rings. The third-order valence-corrected chi connectivity index (χ3v) is 4.02. The lowest BCUT2D eigenvalue weighted by Gasteiger charge is -2.40. The summed E-state index contributed by atoms with van der Waals surface area (Å²) in [5.74, 6) is -0.00620. The number of aliphatic hydroxyl groups excluding tert-OH is 1. The van der Waals surface area contributed by atoms with Gasteiger partial charge >= 0.3 is 0 Å². The van der Waals surface area contributed by atoms with Crippen LogP contribution in [0.2, 0.25) is 0 Å². The highest BCUT2D eigenvalue weighted by atomic mass is 16.3. The second-order valence-corrected chi connectivity index (χ2v) is 5.40. The number of carbonyl (C=O) groups is 1. The fourth-order valence-corrected chi connectivity index (χ4v) is 3.03. The van der Waals surface area contributed by atoms with Gasteiger partial charge < -0.3 is 15.3 Å². The van der Waals surface area contributed by atoms with Crippen molar-refractivity contribution in [3.05, 3.63) is 41.1 Å². The molecule has 2 atom stereocenters. The standard InChI is InChI=1S/C15H18N2O2/c1-9-3-4-13-10(5-9)6-12-14(16-13)11(8-18)7-17(2)15(12)19/h3-5,7,12,14,16,18H,6,8H2,1-2H3/t12-,14+/m0/s1. The first-order valence-electron chi connectivity index (χ1n) is 6.54. The van der Waals surface area contributed by atoms with Crippen LogP contribution in [-0.4, -0.2) is 35.6 Å². The molecule has 1 amide bonds. The maximum Gasteiger partial charge on any atom is 0.232 e. The summed E-state index contributed by atoms with van der Waals surface area (Å²) in [5.41, 5.74) is 4.33. The van der Waals surface area contributed by atoms with E-state index in [0.29, 0.717) is 0 Å². The first-order chi connectivity index (χ1) is 9.10. The highest BCUT2D eigenvalue weighted by Gasteiger charge is 2.39. The van der Waals surface area contributed by atoms with Gasteiger partial charge in [0.2, 0.25) is 5.91 Å². The van der Waals surface area contributed by atoms with E-state index in [-0.39, 0.29) is 24.5 Å². The van der Waals surface area contributed by atoms with Gasteiger partial charge in [-0.3, -0.25) is 4.79 Å². The van der Waals surface area contributed by atoms with Crippen molar-refractivity contribution in [3.8, 4) is 0 Å². The van der Waals surface area contributed by atoms with Crippen LogP contribution in [0.15, 0.2) is 30.0 Å². The largest absolute Gasteiger partial charge is 0.392 e. The topological polar surface area (TPSA) is 52.6 Å². The molecule has 1 aromatic rings. The summed E-state index contributed by atoms with van der Waals surface area (Å²) in [4.78, 5) is 13.9. The third kappa shape index (κ3) is 1.92. The van der Waals surface area contributed by atoms with Crippen molar-refractivity contribution in [2.24, 2.45) is 5.92 Å². The van der Waals surface area contributed by atoms with E-state index in [1.807, 2.05) is 0 Å². The van der Waals surface area contributed by atoms with E-state index < -0.39 is 0 Å². The number of fused-ring (bicyclic) bond motifs is 2. The summed E-state index contributed by atoms with van der Waals surface area (Å²) in [7, 11) is 1.75. The number of hydrogen-bond acceptors (Lipinski definition) is 3. The summed E-state index contributed by atoms with van der Waals surface area (Å²) in [6.07, 6.45) is 2.48. The second-order valence-electron chi connectivity index (χ2n) is 5.40. The number of amides is 1. The highest BCUT2D eigenvalue weighted by Crippen LogP contribution is 2.35. The monoisotopic (exact) mass is 258 g/mol. The SMILES string of the molecule is Cc1ccc2c(c1)C[C@@H]1C(=O)N(C)C=C(CO)[C@H]1N2. The summed E-state index contributed by atoms with van der Waals surface area (Å²) >= 11 is 0. The van der Waals surface area contributed by atoms with Crippen LogP contribution in [0.5, 0.6) is 0 Å². The van der Waals surface area contributed by atoms with Gasteiger partial charge in [0.25, 0.3) is 0 Å². The van der Waals surface area contributed by atoms with Gasteiger partial charge in [0.05, 0.1) is 18.6 Å². The van der Waals surface area contributed by atoms with E-state index >= 15 is 0 Å². The molecule has 0 radical (unpaired) electrons. The number of aliphatic hydroxyl groups is 1. The first-order valence-corrected chi connectivity index (χ1v) is 6.54. The molecule has 2 aliphatic heterocycles. The first kappa shape index (κ1) is 12.2. The molecule has 3 rings (SSSR count).